The van der Waals surface area contributed by atoms with Crippen molar-refractivity contribution in [1.82, 2.24) is 9.38 Å². The fourth-order valence-electron chi connectivity index (χ4n) is 1.50. The van der Waals surface area contributed by atoms with E-state index in [1.165, 1.54) is 16.8 Å². The monoisotopic (exact) mass is 232 g/mol. The normalized spacial score (nSPS) is 10.5. The van der Waals surface area contributed by atoms with E-state index < -0.39 is 5.97 Å². The summed E-state index contributed by atoms with van der Waals surface area (Å²) in [5.41, 5.74) is 1.20. The van der Waals surface area contributed by atoms with Crippen molar-refractivity contribution >= 4 is 11.6 Å². The van der Waals surface area contributed by atoms with Crippen LogP contribution in [0.3, 0.4) is 0 Å². The highest BCUT2D eigenvalue weighted by Gasteiger charge is 2.08. The molecule has 0 saturated carbocycles. The Balaban J connectivity index is 2.60. The highest BCUT2D eigenvalue weighted by molar-refractivity contribution is 5.89. The second-order valence-corrected chi connectivity index (χ2v) is 3.61. The van der Waals surface area contributed by atoms with Crippen molar-refractivity contribution in [3.8, 4) is 0 Å². The van der Waals surface area contributed by atoms with E-state index in [1.54, 1.807) is 26.0 Å². The number of aryl methyl sites for hydroxylation is 1. The molecule has 0 aliphatic carbocycles. The summed E-state index contributed by atoms with van der Waals surface area (Å²) in [6, 6.07) is 3.21. The minimum Gasteiger partial charge on any atom is -0.462 e. The molecule has 0 aliphatic heterocycles. The second-order valence-electron chi connectivity index (χ2n) is 3.61. The predicted octanol–water partition coefficient (Wildman–Crippen LogP) is 1.18. The highest BCUT2D eigenvalue weighted by Crippen LogP contribution is 2.04. The van der Waals surface area contributed by atoms with Crippen LogP contribution in [0.4, 0.5) is 0 Å². The molecule has 2 rings (SSSR count). The zero-order valence-corrected chi connectivity index (χ0v) is 9.64. The number of hydrogen-bond donors (Lipinski definition) is 0. The molecular weight excluding hydrogens is 220 g/mol. The van der Waals surface area contributed by atoms with Gasteiger partial charge >= 0.3 is 5.97 Å². The minimum atomic E-state index is -0.442. The van der Waals surface area contributed by atoms with E-state index in [2.05, 4.69) is 4.98 Å². The number of aromatic nitrogens is 2. The van der Waals surface area contributed by atoms with Crippen LogP contribution >= 0.6 is 0 Å². The van der Waals surface area contributed by atoms with Crippen LogP contribution in [0.1, 0.15) is 22.8 Å². The molecule has 0 saturated heterocycles. The number of carbonyl (C=O) groups is 1. The molecular formula is C12H12N2O3. The van der Waals surface area contributed by atoms with Gasteiger partial charge in [0.25, 0.3) is 5.56 Å². The molecule has 0 fully saturated rings. The zero-order chi connectivity index (χ0) is 12.4. The molecule has 0 bridgehead atoms. The largest absolute Gasteiger partial charge is 0.462 e. The van der Waals surface area contributed by atoms with Gasteiger partial charge in [-0.05, 0) is 26.0 Å². The van der Waals surface area contributed by atoms with Crippen molar-refractivity contribution in [3.63, 3.8) is 0 Å². The topological polar surface area (TPSA) is 60.7 Å². The molecule has 88 valence electrons. The Bertz CT molecular complexity index is 631. The zero-order valence-electron chi connectivity index (χ0n) is 9.64. The lowest BCUT2D eigenvalue weighted by Crippen LogP contribution is -2.18. The third kappa shape index (κ3) is 2.04. The summed E-state index contributed by atoms with van der Waals surface area (Å²) in [6.07, 6.45) is 2.97. The van der Waals surface area contributed by atoms with Crippen molar-refractivity contribution in [3.05, 3.63) is 46.0 Å². The summed E-state index contributed by atoms with van der Waals surface area (Å²) >= 11 is 0. The lowest BCUT2D eigenvalue weighted by Gasteiger charge is -2.04. The first-order valence-corrected chi connectivity index (χ1v) is 5.28. The van der Waals surface area contributed by atoms with Crippen LogP contribution in [-0.4, -0.2) is 22.0 Å². The number of pyridine rings is 1. The molecule has 0 atom stereocenters. The van der Waals surface area contributed by atoms with Crippen molar-refractivity contribution in [2.24, 2.45) is 0 Å². The number of nitrogens with zero attached hydrogens (tertiary/aromatic N) is 2. The summed E-state index contributed by atoms with van der Waals surface area (Å²) in [6.45, 7) is 3.72. The molecule has 2 aromatic heterocycles. The van der Waals surface area contributed by atoms with Gasteiger partial charge < -0.3 is 4.74 Å². The van der Waals surface area contributed by atoms with Crippen LogP contribution in [0.15, 0.2) is 29.3 Å². The number of hydrogen-bond acceptors (Lipinski definition) is 4. The van der Waals surface area contributed by atoms with Gasteiger partial charge in [-0.3, -0.25) is 9.20 Å². The Morgan fingerprint density at radius 3 is 2.94 bits per heavy atom. The van der Waals surface area contributed by atoms with Gasteiger partial charge in [0.05, 0.1) is 12.2 Å². The molecule has 2 aromatic rings. The number of carbonyl (C=O) groups excluding carboxylic acids is 1. The summed E-state index contributed by atoms with van der Waals surface area (Å²) < 4.78 is 6.22. The van der Waals surface area contributed by atoms with Crippen LogP contribution in [0.2, 0.25) is 0 Å². The highest BCUT2D eigenvalue weighted by atomic mass is 16.5. The van der Waals surface area contributed by atoms with E-state index in [9.17, 15) is 9.59 Å². The first-order chi connectivity index (χ1) is 8.13. The average Bonchev–Trinajstić information content (AvgIpc) is 2.34. The molecule has 0 spiro atoms. The molecule has 0 unspecified atom stereocenters. The standard InChI is InChI=1S/C12H12N2O3/c1-3-17-12(16)9-4-5-10-13-6-8(2)11(15)14(10)7-9/h4-7H,3H2,1-2H3. The Morgan fingerprint density at radius 1 is 1.47 bits per heavy atom. The van der Waals surface area contributed by atoms with E-state index >= 15 is 0 Å². The van der Waals surface area contributed by atoms with Crippen molar-refractivity contribution in [2.45, 2.75) is 13.8 Å². The summed E-state index contributed by atoms with van der Waals surface area (Å²) in [7, 11) is 0. The van der Waals surface area contributed by atoms with Gasteiger partial charge in [0.15, 0.2) is 0 Å². The van der Waals surface area contributed by atoms with E-state index in [-0.39, 0.29) is 5.56 Å². The molecule has 0 radical (unpaired) electrons. The number of rotatable bonds is 2. The van der Waals surface area contributed by atoms with Crippen LogP contribution in [0.5, 0.6) is 0 Å². The third-order valence-corrected chi connectivity index (χ3v) is 2.38. The number of fused-ring (bicyclic) bond motifs is 1. The van der Waals surface area contributed by atoms with Gasteiger partial charge in [-0.25, -0.2) is 9.78 Å². The van der Waals surface area contributed by atoms with E-state index in [4.69, 9.17) is 4.74 Å². The van der Waals surface area contributed by atoms with Crippen LogP contribution < -0.4 is 5.56 Å². The third-order valence-electron chi connectivity index (χ3n) is 2.38. The van der Waals surface area contributed by atoms with Crippen molar-refractivity contribution in [2.75, 3.05) is 6.61 Å². The quantitative estimate of drug-likeness (QED) is 0.729. The number of esters is 1. The van der Waals surface area contributed by atoms with Gasteiger partial charge in [0.2, 0.25) is 0 Å². The van der Waals surface area contributed by atoms with E-state index in [0.29, 0.717) is 23.4 Å². The fourth-order valence-corrected chi connectivity index (χ4v) is 1.50. The molecule has 0 aliphatic rings. The Kier molecular flexibility index (Phi) is 2.91. The van der Waals surface area contributed by atoms with E-state index in [0.717, 1.165) is 0 Å². The van der Waals surface area contributed by atoms with Gasteiger partial charge in [-0.1, -0.05) is 0 Å². The Hall–Kier alpha value is -2.17. The fraction of sp³-hybridized carbons (Fsp3) is 0.250. The van der Waals surface area contributed by atoms with Crippen LogP contribution in [-0.2, 0) is 4.74 Å². The molecule has 2 heterocycles. The first-order valence-electron chi connectivity index (χ1n) is 5.28. The predicted molar refractivity (Wildman–Crippen MR) is 62.2 cm³/mol. The second kappa shape index (κ2) is 4.37. The Labute approximate surface area is 97.7 Å². The van der Waals surface area contributed by atoms with Crippen molar-refractivity contribution in [1.29, 1.82) is 0 Å². The molecule has 5 heteroatoms. The van der Waals surface area contributed by atoms with Gasteiger partial charge in [0, 0.05) is 18.0 Å². The molecule has 17 heavy (non-hydrogen) atoms. The van der Waals surface area contributed by atoms with Gasteiger partial charge in [0.1, 0.15) is 5.65 Å². The maximum Gasteiger partial charge on any atom is 0.339 e. The average molecular weight is 232 g/mol. The van der Waals surface area contributed by atoms with Crippen LogP contribution in [0.25, 0.3) is 5.65 Å². The minimum absolute atomic E-state index is 0.179. The summed E-state index contributed by atoms with van der Waals surface area (Å²) in [5, 5.41) is 0. The van der Waals surface area contributed by atoms with Gasteiger partial charge in [-0.2, -0.15) is 0 Å². The van der Waals surface area contributed by atoms with Crippen LogP contribution in [0, 0.1) is 6.92 Å². The van der Waals surface area contributed by atoms with Gasteiger partial charge in [-0.15, -0.1) is 0 Å². The first kappa shape index (κ1) is 11.3. The SMILES string of the molecule is CCOC(=O)c1ccc2ncc(C)c(=O)n2c1. The van der Waals surface area contributed by atoms with E-state index in [1.807, 2.05) is 0 Å². The van der Waals surface area contributed by atoms with Crippen molar-refractivity contribution < 1.29 is 9.53 Å². The maximum atomic E-state index is 11.8. The number of ether oxygens (including phenoxy) is 1. The molecule has 0 amide bonds. The molecule has 5 nitrogen and oxygen atoms in total. The maximum absolute atomic E-state index is 11.8. The smallest absolute Gasteiger partial charge is 0.339 e. The Morgan fingerprint density at radius 2 is 2.24 bits per heavy atom. The molecule has 0 aromatic carbocycles. The summed E-state index contributed by atoms with van der Waals surface area (Å²) in [4.78, 5) is 27.5. The lowest BCUT2D eigenvalue weighted by atomic mass is 10.2. The lowest BCUT2D eigenvalue weighted by molar-refractivity contribution is 0.0525. The molecule has 0 N–H and O–H groups in total. The summed E-state index contributed by atoms with van der Waals surface area (Å²) in [5.74, 6) is -0.442.